The lowest BCUT2D eigenvalue weighted by atomic mass is 9.86. The second-order valence-corrected chi connectivity index (χ2v) is 6.14. The highest BCUT2D eigenvalue weighted by atomic mass is 16.5. The molecule has 0 aliphatic heterocycles. The standard InChI is InChI=1S/C17H33NO2/c1-4-13-17(14-5-2,16(19)20-6-3)18-15-11-9-7-8-10-12-15/h15,18H,4-14H2,1-3H3. The molecule has 1 N–H and O–H groups in total. The summed E-state index contributed by atoms with van der Waals surface area (Å²) in [6.07, 6.45) is 11.5. The highest BCUT2D eigenvalue weighted by molar-refractivity contribution is 5.80. The minimum absolute atomic E-state index is 0.0343. The molecular weight excluding hydrogens is 250 g/mol. The molecule has 1 aliphatic rings. The molecule has 0 aromatic rings. The number of esters is 1. The van der Waals surface area contributed by atoms with E-state index in [0.717, 1.165) is 25.7 Å². The van der Waals surface area contributed by atoms with Gasteiger partial charge in [-0.05, 0) is 32.6 Å². The lowest BCUT2D eigenvalue weighted by Crippen LogP contribution is -2.56. The third-order valence-electron chi connectivity index (χ3n) is 4.36. The summed E-state index contributed by atoms with van der Waals surface area (Å²) in [6, 6.07) is 0.486. The van der Waals surface area contributed by atoms with Crippen LogP contribution in [0.15, 0.2) is 0 Å². The summed E-state index contributed by atoms with van der Waals surface area (Å²) in [6.45, 7) is 6.67. The van der Waals surface area contributed by atoms with Crippen molar-refractivity contribution in [3.05, 3.63) is 0 Å². The Bertz CT molecular complexity index is 264. The Morgan fingerprint density at radius 2 is 1.60 bits per heavy atom. The Labute approximate surface area is 124 Å². The highest BCUT2D eigenvalue weighted by Crippen LogP contribution is 2.26. The van der Waals surface area contributed by atoms with Crippen LogP contribution in [-0.2, 0) is 9.53 Å². The Hall–Kier alpha value is -0.570. The monoisotopic (exact) mass is 283 g/mol. The van der Waals surface area contributed by atoms with Gasteiger partial charge in [0, 0.05) is 6.04 Å². The van der Waals surface area contributed by atoms with Crippen molar-refractivity contribution < 1.29 is 9.53 Å². The lowest BCUT2D eigenvalue weighted by Gasteiger charge is -2.36. The average molecular weight is 283 g/mol. The zero-order valence-electron chi connectivity index (χ0n) is 13.7. The van der Waals surface area contributed by atoms with Crippen LogP contribution >= 0.6 is 0 Å². The molecule has 3 heteroatoms. The van der Waals surface area contributed by atoms with Crippen LogP contribution in [0, 0.1) is 0 Å². The van der Waals surface area contributed by atoms with Gasteiger partial charge < -0.3 is 4.74 Å². The minimum Gasteiger partial charge on any atom is -0.465 e. The van der Waals surface area contributed by atoms with Gasteiger partial charge in [-0.2, -0.15) is 0 Å². The second kappa shape index (κ2) is 9.38. The average Bonchev–Trinajstić information content (AvgIpc) is 2.68. The molecule has 1 saturated carbocycles. The molecule has 1 rings (SSSR count). The van der Waals surface area contributed by atoms with Gasteiger partial charge in [-0.1, -0.05) is 52.4 Å². The van der Waals surface area contributed by atoms with E-state index < -0.39 is 5.54 Å². The smallest absolute Gasteiger partial charge is 0.326 e. The molecule has 0 heterocycles. The molecule has 0 spiro atoms. The minimum atomic E-state index is -0.450. The predicted octanol–water partition coefficient (Wildman–Crippen LogP) is 4.20. The Balaban J connectivity index is 2.79. The highest BCUT2D eigenvalue weighted by Gasteiger charge is 2.39. The SMILES string of the molecule is CCCC(CCC)(NC1CCCCCC1)C(=O)OCC. The number of carbonyl (C=O) groups excluding carboxylic acids is 1. The van der Waals surface area contributed by atoms with Gasteiger partial charge in [-0.15, -0.1) is 0 Å². The van der Waals surface area contributed by atoms with Crippen LogP contribution in [0.5, 0.6) is 0 Å². The summed E-state index contributed by atoms with van der Waals surface area (Å²) < 4.78 is 5.38. The lowest BCUT2D eigenvalue weighted by molar-refractivity contribution is -0.152. The number of rotatable bonds is 8. The number of nitrogens with one attached hydrogen (secondary N) is 1. The van der Waals surface area contributed by atoms with Crippen molar-refractivity contribution in [3.63, 3.8) is 0 Å². The zero-order valence-corrected chi connectivity index (χ0v) is 13.7. The molecule has 0 atom stereocenters. The maximum Gasteiger partial charge on any atom is 0.326 e. The molecule has 0 amide bonds. The number of carbonyl (C=O) groups is 1. The van der Waals surface area contributed by atoms with Crippen molar-refractivity contribution in [3.8, 4) is 0 Å². The van der Waals surface area contributed by atoms with Gasteiger partial charge in [0.1, 0.15) is 5.54 Å². The van der Waals surface area contributed by atoms with E-state index in [1.807, 2.05) is 6.92 Å². The molecule has 0 aromatic carbocycles. The van der Waals surface area contributed by atoms with E-state index in [4.69, 9.17) is 4.74 Å². The fourth-order valence-corrected chi connectivity index (χ4v) is 3.47. The Kier molecular flexibility index (Phi) is 8.20. The fourth-order valence-electron chi connectivity index (χ4n) is 3.47. The van der Waals surface area contributed by atoms with E-state index in [1.54, 1.807) is 0 Å². The van der Waals surface area contributed by atoms with Crippen molar-refractivity contribution >= 4 is 5.97 Å². The van der Waals surface area contributed by atoms with Crippen LogP contribution in [0.4, 0.5) is 0 Å². The molecule has 118 valence electrons. The molecule has 1 aliphatic carbocycles. The Morgan fingerprint density at radius 3 is 2.05 bits per heavy atom. The zero-order chi connectivity index (χ0) is 14.8. The molecule has 0 saturated heterocycles. The Morgan fingerprint density at radius 1 is 1.05 bits per heavy atom. The molecule has 0 unspecified atom stereocenters. The van der Waals surface area contributed by atoms with Gasteiger partial charge in [-0.3, -0.25) is 10.1 Å². The van der Waals surface area contributed by atoms with E-state index in [-0.39, 0.29) is 5.97 Å². The second-order valence-electron chi connectivity index (χ2n) is 6.14. The normalized spacial score (nSPS) is 17.8. The molecular formula is C17H33NO2. The number of hydrogen-bond donors (Lipinski definition) is 1. The summed E-state index contributed by atoms with van der Waals surface area (Å²) in [7, 11) is 0. The van der Waals surface area contributed by atoms with E-state index in [1.165, 1.54) is 38.5 Å². The summed E-state index contributed by atoms with van der Waals surface area (Å²) in [5.74, 6) is -0.0343. The molecule has 3 nitrogen and oxygen atoms in total. The summed E-state index contributed by atoms with van der Waals surface area (Å²) in [5, 5.41) is 3.72. The number of ether oxygens (including phenoxy) is 1. The van der Waals surface area contributed by atoms with Gasteiger partial charge in [0.25, 0.3) is 0 Å². The fraction of sp³-hybridized carbons (Fsp3) is 0.941. The molecule has 0 bridgehead atoms. The first-order valence-corrected chi connectivity index (χ1v) is 8.63. The first kappa shape index (κ1) is 17.5. The van der Waals surface area contributed by atoms with Crippen molar-refractivity contribution in [2.45, 2.75) is 96.6 Å². The maximum absolute atomic E-state index is 12.5. The quantitative estimate of drug-likeness (QED) is 0.536. The number of hydrogen-bond acceptors (Lipinski definition) is 3. The maximum atomic E-state index is 12.5. The van der Waals surface area contributed by atoms with Crippen molar-refractivity contribution in [1.29, 1.82) is 0 Å². The van der Waals surface area contributed by atoms with E-state index in [9.17, 15) is 4.79 Å². The van der Waals surface area contributed by atoms with Gasteiger partial charge in [0.15, 0.2) is 0 Å². The summed E-state index contributed by atoms with van der Waals surface area (Å²) in [4.78, 5) is 12.5. The van der Waals surface area contributed by atoms with Gasteiger partial charge >= 0.3 is 5.97 Å². The van der Waals surface area contributed by atoms with E-state index in [0.29, 0.717) is 12.6 Å². The van der Waals surface area contributed by atoms with E-state index in [2.05, 4.69) is 19.2 Å². The molecule has 0 aromatic heterocycles. The van der Waals surface area contributed by atoms with Crippen molar-refractivity contribution in [2.24, 2.45) is 0 Å². The van der Waals surface area contributed by atoms with E-state index >= 15 is 0 Å². The molecule has 1 fully saturated rings. The first-order chi connectivity index (χ1) is 9.68. The third kappa shape index (κ3) is 5.08. The van der Waals surface area contributed by atoms with Crippen molar-refractivity contribution in [1.82, 2.24) is 5.32 Å². The van der Waals surface area contributed by atoms with Crippen LogP contribution in [0.3, 0.4) is 0 Å². The van der Waals surface area contributed by atoms with Crippen LogP contribution in [0.2, 0.25) is 0 Å². The van der Waals surface area contributed by atoms with Crippen LogP contribution in [0.25, 0.3) is 0 Å². The van der Waals surface area contributed by atoms with Crippen LogP contribution in [0.1, 0.15) is 85.0 Å². The molecule has 20 heavy (non-hydrogen) atoms. The van der Waals surface area contributed by atoms with Gasteiger partial charge in [0.05, 0.1) is 6.61 Å². The van der Waals surface area contributed by atoms with Crippen LogP contribution < -0.4 is 5.32 Å². The first-order valence-electron chi connectivity index (χ1n) is 8.63. The third-order valence-corrected chi connectivity index (χ3v) is 4.36. The summed E-state index contributed by atoms with van der Waals surface area (Å²) in [5.41, 5.74) is -0.450. The van der Waals surface area contributed by atoms with Crippen molar-refractivity contribution in [2.75, 3.05) is 6.61 Å². The van der Waals surface area contributed by atoms with Crippen LogP contribution in [-0.4, -0.2) is 24.2 Å². The van der Waals surface area contributed by atoms with Gasteiger partial charge in [0.2, 0.25) is 0 Å². The topological polar surface area (TPSA) is 38.3 Å². The predicted molar refractivity (Wildman–Crippen MR) is 83.8 cm³/mol. The largest absolute Gasteiger partial charge is 0.465 e. The summed E-state index contributed by atoms with van der Waals surface area (Å²) >= 11 is 0. The molecule has 0 radical (unpaired) electrons. The van der Waals surface area contributed by atoms with Gasteiger partial charge in [-0.25, -0.2) is 0 Å².